The smallest absolute Gasteiger partial charge is 0.253 e. The maximum Gasteiger partial charge on any atom is 0.253 e. The number of nitrogens with zero attached hydrogens (tertiary/aromatic N) is 4. The first-order valence-electron chi connectivity index (χ1n) is 11.7. The number of aryl methyl sites for hydroxylation is 1. The van der Waals surface area contributed by atoms with Crippen molar-refractivity contribution in [1.29, 1.82) is 5.26 Å². The highest BCUT2D eigenvalue weighted by Crippen LogP contribution is 2.22. The van der Waals surface area contributed by atoms with Crippen molar-refractivity contribution < 1.29 is 18.4 Å². The molecule has 0 atom stereocenters. The van der Waals surface area contributed by atoms with Gasteiger partial charge in [0.25, 0.3) is 5.91 Å². The van der Waals surface area contributed by atoms with Crippen molar-refractivity contribution in [2.24, 2.45) is 5.92 Å². The van der Waals surface area contributed by atoms with E-state index in [1.807, 2.05) is 0 Å². The number of piperidine rings is 1. The minimum Gasteiger partial charge on any atom is -0.382 e. The summed E-state index contributed by atoms with van der Waals surface area (Å²) >= 11 is 0. The van der Waals surface area contributed by atoms with Gasteiger partial charge in [0.1, 0.15) is 29.1 Å². The molecule has 1 fully saturated rings. The number of nitrogen functional groups attached to an aromatic ring is 1. The second-order valence-electron chi connectivity index (χ2n) is 8.67. The third kappa shape index (κ3) is 5.51. The molecule has 0 spiro atoms. The second kappa shape index (κ2) is 11.0. The number of nitrogens with two attached hydrogens (primary N) is 1. The molecule has 0 bridgehead atoms. The molecule has 4 rings (SSSR count). The standard InChI is InChI=1S/C26H26F2N6O2/c27-19-5-3-18(4-6-19)26(36)33-14-11-17(12-15-33)25(35)31-13-1-2-23-22(16-29)24(30)34(32-23)21-9-7-20(28)8-10-21/h3-10,17H,1-2,11-15,30H2,(H,31,35). The molecule has 1 aliphatic rings. The van der Waals surface area contributed by atoms with Gasteiger partial charge >= 0.3 is 0 Å². The van der Waals surface area contributed by atoms with Gasteiger partial charge in [0, 0.05) is 31.1 Å². The minimum absolute atomic E-state index is 0.0688. The summed E-state index contributed by atoms with van der Waals surface area (Å²) in [7, 11) is 0. The first-order chi connectivity index (χ1) is 17.4. The van der Waals surface area contributed by atoms with Crippen LogP contribution in [0.4, 0.5) is 14.6 Å². The number of anilines is 1. The third-order valence-corrected chi connectivity index (χ3v) is 6.31. The van der Waals surface area contributed by atoms with E-state index in [0.29, 0.717) is 62.3 Å². The zero-order valence-electron chi connectivity index (χ0n) is 19.6. The van der Waals surface area contributed by atoms with Gasteiger partial charge in [0.15, 0.2) is 0 Å². The number of nitrogens with one attached hydrogen (secondary N) is 1. The molecule has 3 aromatic rings. The number of hydrogen-bond acceptors (Lipinski definition) is 5. The lowest BCUT2D eigenvalue weighted by atomic mass is 9.95. The first-order valence-corrected chi connectivity index (χ1v) is 11.7. The number of carbonyl (C=O) groups excluding carboxylic acids is 2. The summed E-state index contributed by atoms with van der Waals surface area (Å²) in [5, 5.41) is 16.9. The second-order valence-corrected chi connectivity index (χ2v) is 8.67. The molecule has 2 aromatic carbocycles. The van der Waals surface area contributed by atoms with Crippen molar-refractivity contribution in [2.45, 2.75) is 25.7 Å². The predicted molar refractivity (Wildman–Crippen MR) is 129 cm³/mol. The molecular formula is C26H26F2N6O2. The third-order valence-electron chi connectivity index (χ3n) is 6.31. The molecule has 1 aromatic heterocycles. The fourth-order valence-corrected chi connectivity index (χ4v) is 4.29. The Morgan fingerprint density at radius 3 is 2.28 bits per heavy atom. The summed E-state index contributed by atoms with van der Waals surface area (Å²) in [5.41, 5.74) is 7.84. The number of amides is 2. The molecule has 8 nitrogen and oxygen atoms in total. The van der Waals surface area contributed by atoms with E-state index >= 15 is 0 Å². The Kier molecular flexibility index (Phi) is 7.59. The minimum atomic E-state index is -0.393. The molecule has 0 aliphatic carbocycles. The van der Waals surface area contributed by atoms with Gasteiger partial charge in [-0.25, -0.2) is 13.5 Å². The fraction of sp³-hybridized carbons (Fsp3) is 0.308. The van der Waals surface area contributed by atoms with Crippen LogP contribution in [0.2, 0.25) is 0 Å². The van der Waals surface area contributed by atoms with Crippen LogP contribution in [0.3, 0.4) is 0 Å². The van der Waals surface area contributed by atoms with Crippen LogP contribution in [0.5, 0.6) is 0 Å². The molecule has 1 aliphatic heterocycles. The molecule has 2 heterocycles. The van der Waals surface area contributed by atoms with E-state index in [1.54, 1.807) is 4.90 Å². The van der Waals surface area contributed by atoms with Crippen LogP contribution >= 0.6 is 0 Å². The van der Waals surface area contributed by atoms with Crippen LogP contribution in [0, 0.1) is 28.9 Å². The number of hydrogen-bond donors (Lipinski definition) is 2. The Morgan fingerprint density at radius 1 is 1.06 bits per heavy atom. The summed E-state index contributed by atoms with van der Waals surface area (Å²) in [6.45, 7) is 1.32. The molecule has 0 saturated carbocycles. The van der Waals surface area contributed by atoms with E-state index in [1.165, 1.54) is 53.2 Å². The van der Waals surface area contributed by atoms with Gasteiger partial charge in [-0.1, -0.05) is 0 Å². The summed E-state index contributed by atoms with van der Waals surface area (Å²) < 4.78 is 27.7. The number of rotatable bonds is 7. The molecule has 0 radical (unpaired) electrons. The van der Waals surface area contributed by atoms with Crippen LogP contribution in [0.25, 0.3) is 5.69 Å². The lowest BCUT2D eigenvalue weighted by molar-refractivity contribution is -0.126. The molecular weight excluding hydrogens is 466 g/mol. The monoisotopic (exact) mass is 492 g/mol. The molecule has 0 unspecified atom stereocenters. The van der Waals surface area contributed by atoms with E-state index in [-0.39, 0.29) is 34.9 Å². The number of halogens is 2. The summed E-state index contributed by atoms with van der Waals surface area (Å²) in [5.74, 6) is -1.01. The lowest BCUT2D eigenvalue weighted by Gasteiger charge is -2.31. The lowest BCUT2D eigenvalue weighted by Crippen LogP contribution is -2.43. The quantitative estimate of drug-likeness (QED) is 0.491. The number of carbonyl (C=O) groups is 2. The fourth-order valence-electron chi connectivity index (χ4n) is 4.29. The highest BCUT2D eigenvalue weighted by molar-refractivity contribution is 5.94. The van der Waals surface area contributed by atoms with Crippen molar-refractivity contribution in [2.75, 3.05) is 25.4 Å². The van der Waals surface area contributed by atoms with Crippen LogP contribution in [0.1, 0.15) is 40.9 Å². The van der Waals surface area contributed by atoms with Crippen LogP contribution < -0.4 is 11.1 Å². The molecule has 2 amide bonds. The van der Waals surface area contributed by atoms with Crippen LogP contribution in [0.15, 0.2) is 48.5 Å². The van der Waals surface area contributed by atoms with Gasteiger partial charge in [-0.15, -0.1) is 0 Å². The van der Waals surface area contributed by atoms with Crippen molar-refractivity contribution in [3.63, 3.8) is 0 Å². The average Bonchev–Trinajstić information content (AvgIpc) is 3.22. The van der Waals surface area contributed by atoms with Crippen molar-refractivity contribution in [3.8, 4) is 11.8 Å². The van der Waals surface area contributed by atoms with E-state index in [0.717, 1.165) is 0 Å². The van der Waals surface area contributed by atoms with Gasteiger partial charge in [0.2, 0.25) is 5.91 Å². The Hall–Kier alpha value is -4.26. The molecule has 1 saturated heterocycles. The van der Waals surface area contributed by atoms with Crippen molar-refractivity contribution in [3.05, 3.63) is 77.0 Å². The number of aromatic nitrogens is 2. The Bertz CT molecular complexity index is 1270. The summed E-state index contributed by atoms with van der Waals surface area (Å²) in [6, 6.07) is 13.2. The largest absolute Gasteiger partial charge is 0.382 e. The van der Waals surface area contributed by atoms with Crippen LogP contribution in [-0.4, -0.2) is 46.1 Å². The maximum absolute atomic E-state index is 13.2. The number of benzene rings is 2. The molecule has 10 heteroatoms. The van der Waals surface area contributed by atoms with E-state index in [4.69, 9.17) is 5.73 Å². The zero-order valence-corrected chi connectivity index (χ0v) is 19.6. The Morgan fingerprint density at radius 2 is 1.67 bits per heavy atom. The van der Waals surface area contributed by atoms with Crippen molar-refractivity contribution in [1.82, 2.24) is 20.0 Å². The van der Waals surface area contributed by atoms with Crippen molar-refractivity contribution >= 4 is 17.6 Å². The maximum atomic E-state index is 13.2. The SMILES string of the molecule is N#Cc1c(CCCNC(=O)C2CCN(C(=O)c3ccc(F)cc3)CC2)nn(-c2ccc(F)cc2)c1N. The van der Waals surface area contributed by atoms with Gasteiger partial charge in [-0.05, 0) is 74.2 Å². The topological polar surface area (TPSA) is 117 Å². The van der Waals surface area contributed by atoms with E-state index < -0.39 is 5.82 Å². The molecule has 186 valence electrons. The Labute approximate surface area is 207 Å². The average molecular weight is 493 g/mol. The van der Waals surface area contributed by atoms with E-state index in [9.17, 15) is 23.6 Å². The highest BCUT2D eigenvalue weighted by atomic mass is 19.1. The Balaban J connectivity index is 1.25. The summed E-state index contributed by atoms with van der Waals surface area (Å²) in [4.78, 5) is 26.9. The predicted octanol–water partition coefficient (Wildman–Crippen LogP) is 3.21. The zero-order chi connectivity index (χ0) is 25.7. The van der Waals surface area contributed by atoms with Gasteiger partial charge in [-0.3, -0.25) is 9.59 Å². The van der Waals surface area contributed by atoms with Crippen LogP contribution in [-0.2, 0) is 11.2 Å². The van der Waals surface area contributed by atoms with E-state index in [2.05, 4.69) is 16.5 Å². The van der Waals surface area contributed by atoms with Gasteiger partial charge in [0.05, 0.1) is 11.4 Å². The molecule has 36 heavy (non-hydrogen) atoms. The molecule has 3 N–H and O–H groups in total. The first kappa shape index (κ1) is 24.9. The summed E-state index contributed by atoms with van der Waals surface area (Å²) in [6.07, 6.45) is 2.10. The highest BCUT2D eigenvalue weighted by Gasteiger charge is 2.27. The normalized spacial score (nSPS) is 13.9. The van der Waals surface area contributed by atoms with Gasteiger partial charge in [-0.2, -0.15) is 10.4 Å². The number of nitriles is 1. The number of likely N-dealkylation sites (tertiary alicyclic amines) is 1. The van der Waals surface area contributed by atoms with Gasteiger partial charge < -0.3 is 16.0 Å².